The molecule has 0 amide bonds. The Hall–Kier alpha value is 1.98. The third kappa shape index (κ3) is 9.01. The summed E-state index contributed by atoms with van der Waals surface area (Å²) in [5, 5.41) is 0. The Morgan fingerprint density at radius 2 is 0.500 bits per heavy atom. The van der Waals surface area contributed by atoms with Crippen molar-refractivity contribution in [3.8, 4) is 0 Å². The van der Waals surface area contributed by atoms with Crippen LogP contribution in [-0.4, -0.2) is 17.6 Å². The average Bonchev–Trinajstić information content (AvgIpc) is 0. The number of rotatable bonds is 0. The molecule has 0 heterocycles. The first-order chi connectivity index (χ1) is 0. The summed E-state index contributed by atoms with van der Waals surface area (Å²) >= 11 is 0. The van der Waals surface area contributed by atoms with Gasteiger partial charge < -0.3 is 50.9 Å². The summed E-state index contributed by atoms with van der Waals surface area (Å²) in [6, 6.07) is 0. The fourth-order valence-electron chi connectivity index (χ4n) is 0. The minimum atomic E-state index is 0. The molecule has 0 atom stereocenters. The van der Waals surface area contributed by atoms with Crippen LogP contribution in [0.25, 0.3) is 0 Å². The van der Waals surface area contributed by atoms with Crippen molar-refractivity contribution in [2.24, 2.45) is 0 Å². The van der Waals surface area contributed by atoms with E-state index in [-0.39, 0.29) is 68.5 Å². The summed E-state index contributed by atoms with van der Waals surface area (Å²) in [5.74, 6) is 0. The first-order valence-electron chi connectivity index (χ1n) is 0. The van der Waals surface area contributed by atoms with Gasteiger partial charge in [0.05, 0.1) is 0 Å². The van der Waals surface area contributed by atoms with Crippen molar-refractivity contribution in [1.29, 1.82) is 0 Å². The van der Waals surface area contributed by atoms with Gasteiger partial charge in [-0.1, -0.05) is 0 Å². The van der Waals surface area contributed by atoms with E-state index in [0.717, 1.165) is 0 Å². The Morgan fingerprint density at radius 1 is 0.500 bits per heavy atom. The van der Waals surface area contributed by atoms with Crippen LogP contribution in [0.1, 0.15) is 0 Å². The Bertz CT molecular complexity index is 3.25. The van der Waals surface area contributed by atoms with Gasteiger partial charge in [0, 0.05) is 0 Å². The molecule has 4 heavy (non-hydrogen) atoms. The van der Waals surface area contributed by atoms with Gasteiger partial charge >= 0.3 is 17.6 Å². The Balaban J connectivity index is 0. The predicted octanol–water partition coefficient (Wildman–Crippen LogP) is -9.64. The van der Waals surface area contributed by atoms with E-state index >= 15 is 0 Å². The second-order valence-corrected chi connectivity index (χ2v) is 0. The van der Waals surface area contributed by atoms with Gasteiger partial charge in [0.1, 0.15) is 0 Å². The van der Waals surface area contributed by atoms with E-state index in [2.05, 4.69) is 0 Å². The molecule has 0 saturated carbocycles. The van der Waals surface area contributed by atoms with Gasteiger partial charge in [-0.3, -0.25) is 0 Å². The monoisotopic (exact) mass is 312 g/mol. The van der Waals surface area contributed by atoms with Crippen molar-refractivity contribution >= 4 is 17.6 Å². The van der Waals surface area contributed by atoms with Gasteiger partial charge in [0.15, 0.2) is 0 Å². The molecule has 0 spiro atoms. The molecule has 0 aromatic rings. The third-order valence-electron chi connectivity index (χ3n) is 0. The third-order valence-corrected chi connectivity index (χ3v) is 0. The van der Waals surface area contributed by atoms with Crippen LogP contribution in [0.3, 0.4) is 0 Å². The molecule has 0 unspecified atom stereocenters. The van der Waals surface area contributed by atoms with Gasteiger partial charge in [0.25, 0.3) is 0 Å². The zero-order valence-corrected chi connectivity index (χ0v) is 8.89. The minimum absolute atomic E-state index is 0. The zero-order valence-electron chi connectivity index (χ0n) is 1.71. The molecular weight excluding hydrogens is 312 g/mol. The average molecular weight is 313 g/mol. The molecule has 0 bridgehead atoms. The number of halogens is 3. The van der Waals surface area contributed by atoms with Crippen LogP contribution in [0, 0.1) is 0 Å². The molecule has 0 N–H and O–H groups in total. The Kier molecular flexibility index (Phi) is 190. The first kappa shape index (κ1) is 37.8. The topological polar surface area (TPSA) is 0 Å². The molecule has 26 valence electrons. The van der Waals surface area contributed by atoms with Gasteiger partial charge in [-0.15, -0.1) is 0 Å². The van der Waals surface area contributed by atoms with Crippen molar-refractivity contribution in [2.75, 3.05) is 0 Å². The SMILES string of the molecule is [Br-].[Br-].[Br-].[GeH+3]. The van der Waals surface area contributed by atoms with Crippen LogP contribution in [0.15, 0.2) is 0 Å². The van der Waals surface area contributed by atoms with Gasteiger partial charge in [-0.25, -0.2) is 0 Å². The summed E-state index contributed by atoms with van der Waals surface area (Å²) in [5.41, 5.74) is 0. The van der Waals surface area contributed by atoms with Crippen LogP contribution in [0.2, 0.25) is 0 Å². The van der Waals surface area contributed by atoms with E-state index in [1.165, 1.54) is 0 Å². The number of hydrogen-bond acceptors (Lipinski definition) is 0. The van der Waals surface area contributed by atoms with E-state index in [0.29, 0.717) is 0 Å². The second kappa shape index (κ2) is 20.1. The molecule has 0 fully saturated rings. The fraction of sp³-hybridized carbons (Fsp3) is 0. The predicted molar refractivity (Wildman–Crippen MR) is 7.15 cm³/mol. The van der Waals surface area contributed by atoms with Crippen LogP contribution in [0.5, 0.6) is 0 Å². The van der Waals surface area contributed by atoms with Crippen LogP contribution in [0.4, 0.5) is 0 Å². The maximum absolute atomic E-state index is 0. The molecule has 0 radical (unpaired) electrons. The van der Waals surface area contributed by atoms with Crippen molar-refractivity contribution in [2.45, 2.75) is 0 Å². The standard InChI is InChI=1S/3BrH.GeH/h4*1H/q;;;+3/p-3. The van der Waals surface area contributed by atoms with E-state index < -0.39 is 0 Å². The molecule has 0 saturated heterocycles. The summed E-state index contributed by atoms with van der Waals surface area (Å²) in [7, 11) is 0. The first-order valence-corrected chi connectivity index (χ1v) is 0. The molecule has 0 aliphatic rings. The maximum atomic E-state index is 0. The zero-order chi connectivity index (χ0) is 0. The summed E-state index contributed by atoms with van der Waals surface area (Å²) < 4.78 is 0. The molecule has 0 aromatic heterocycles. The molecule has 0 aliphatic carbocycles. The summed E-state index contributed by atoms with van der Waals surface area (Å²) in [4.78, 5) is 0. The van der Waals surface area contributed by atoms with E-state index in [9.17, 15) is 0 Å². The van der Waals surface area contributed by atoms with E-state index in [1.807, 2.05) is 0 Å². The molecule has 0 aliphatic heterocycles. The Labute approximate surface area is 68.0 Å². The van der Waals surface area contributed by atoms with Gasteiger partial charge in [-0.2, -0.15) is 0 Å². The van der Waals surface area contributed by atoms with Crippen molar-refractivity contribution in [3.05, 3.63) is 0 Å². The molecule has 4 heteroatoms. The summed E-state index contributed by atoms with van der Waals surface area (Å²) in [6.07, 6.45) is 0. The molecule has 0 aromatic carbocycles. The molecule has 0 rings (SSSR count). The molecular formula is HBr3Ge. The fourth-order valence-corrected chi connectivity index (χ4v) is 0. The van der Waals surface area contributed by atoms with E-state index in [1.54, 1.807) is 0 Å². The van der Waals surface area contributed by atoms with Gasteiger partial charge in [0.2, 0.25) is 0 Å². The second-order valence-electron chi connectivity index (χ2n) is 0. The van der Waals surface area contributed by atoms with Crippen LogP contribution in [-0.2, 0) is 0 Å². The number of hydrogen-bond donors (Lipinski definition) is 0. The van der Waals surface area contributed by atoms with E-state index in [4.69, 9.17) is 0 Å². The normalized spacial score (nSPS) is 0. The quantitative estimate of drug-likeness (QED) is 0.390. The van der Waals surface area contributed by atoms with Crippen molar-refractivity contribution in [1.82, 2.24) is 0 Å². The van der Waals surface area contributed by atoms with Crippen molar-refractivity contribution < 1.29 is 50.9 Å². The van der Waals surface area contributed by atoms with Crippen molar-refractivity contribution in [3.63, 3.8) is 0 Å². The Morgan fingerprint density at radius 3 is 0.500 bits per heavy atom. The van der Waals surface area contributed by atoms with Crippen LogP contribution < -0.4 is 50.9 Å². The molecule has 0 nitrogen and oxygen atoms in total. The summed E-state index contributed by atoms with van der Waals surface area (Å²) in [6.45, 7) is 0. The van der Waals surface area contributed by atoms with Gasteiger partial charge in [-0.05, 0) is 0 Å². The van der Waals surface area contributed by atoms with Crippen LogP contribution >= 0.6 is 0 Å².